The van der Waals surface area contributed by atoms with Gasteiger partial charge in [0, 0.05) is 26.2 Å². The molecule has 1 spiro atoms. The van der Waals surface area contributed by atoms with E-state index in [0.717, 1.165) is 19.3 Å². The van der Waals surface area contributed by atoms with Gasteiger partial charge in [0.05, 0.1) is 29.7 Å². The molecule has 0 aromatic rings. The minimum absolute atomic E-state index is 0.0393. The van der Waals surface area contributed by atoms with Crippen LogP contribution in [0.2, 0.25) is 0 Å². The van der Waals surface area contributed by atoms with E-state index in [1.165, 1.54) is 13.8 Å². The minimum Gasteiger partial charge on any atom is -0.465 e. The molecule has 7 nitrogen and oxygen atoms in total. The second-order valence-corrected chi connectivity index (χ2v) is 9.36. The number of hydrogen-bond donors (Lipinski definition) is 0. The molecule has 0 bridgehead atoms. The first kappa shape index (κ1) is 24.1. The maximum Gasteiger partial charge on any atom is 0.322 e. The van der Waals surface area contributed by atoms with Gasteiger partial charge in [-0.2, -0.15) is 0 Å². The van der Waals surface area contributed by atoms with Gasteiger partial charge >= 0.3 is 11.9 Å². The van der Waals surface area contributed by atoms with Crippen LogP contribution in [0.5, 0.6) is 0 Å². The topological polar surface area (TPSA) is 74.3 Å². The minimum atomic E-state index is -0.777. The molecule has 2 saturated heterocycles. The zero-order valence-corrected chi connectivity index (χ0v) is 19.4. The highest BCUT2D eigenvalue weighted by atomic mass is 16.7. The molecule has 2 aliphatic heterocycles. The van der Waals surface area contributed by atoms with Crippen molar-refractivity contribution in [3.8, 4) is 0 Å². The van der Waals surface area contributed by atoms with Crippen molar-refractivity contribution in [3.05, 3.63) is 0 Å². The van der Waals surface area contributed by atoms with Gasteiger partial charge in [-0.15, -0.1) is 5.06 Å². The van der Waals surface area contributed by atoms with Crippen molar-refractivity contribution in [3.63, 3.8) is 0 Å². The van der Waals surface area contributed by atoms with E-state index in [2.05, 4.69) is 41.5 Å². The van der Waals surface area contributed by atoms with Gasteiger partial charge in [-0.05, 0) is 33.1 Å². The van der Waals surface area contributed by atoms with E-state index >= 15 is 0 Å². The summed E-state index contributed by atoms with van der Waals surface area (Å²) in [6.07, 6.45) is 2.94. The predicted octanol–water partition coefficient (Wildman–Crippen LogP) is 3.85. The van der Waals surface area contributed by atoms with Crippen molar-refractivity contribution < 1.29 is 28.6 Å². The molecule has 0 amide bonds. The van der Waals surface area contributed by atoms with Crippen LogP contribution in [0.25, 0.3) is 0 Å². The molecule has 0 radical (unpaired) electrons. The Labute approximate surface area is 175 Å². The van der Waals surface area contributed by atoms with Crippen LogP contribution in [0.3, 0.4) is 0 Å². The van der Waals surface area contributed by atoms with Gasteiger partial charge in [-0.25, -0.2) is 0 Å². The Bertz CT molecular complexity index is 614. The van der Waals surface area contributed by atoms with Gasteiger partial charge in [-0.3, -0.25) is 9.59 Å². The van der Waals surface area contributed by atoms with E-state index in [1.54, 1.807) is 0 Å². The smallest absolute Gasteiger partial charge is 0.322 e. The maximum absolute atomic E-state index is 11.9. The van der Waals surface area contributed by atoms with Gasteiger partial charge in [0.2, 0.25) is 0 Å². The predicted molar refractivity (Wildman–Crippen MR) is 109 cm³/mol. The SMILES string of the molecule is CCC1(COC(C)=O)COC2(CC(C)(CC)N(OC(C)=O)C(C)(CC)C2C)OC1. The summed E-state index contributed by atoms with van der Waals surface area (Å²) < 4.78 is 18.3. The Morgan fingerprint density at radius 3 is 2.00 bits per heavy atom. The number of carbonyl (C=O) groups is 2. The van der Waals surface area contributed by atoms with Crippen molar-refractivity contribution in [1.82, 2.24) is 5.06 Å². The van der Waals surface area contributed by atoms with E-state index in [-0.39, 0.29) is 23.3 Å². The van der Waals surface area contributed by atoms with Gasteiger partial charge in [-0.1, -0.05) is 27.7 Å². The average molecular weight is 414 g/mol. The lowest BCUT2D eigenvalue weighted by atomic mass is 9.66. The standard InChI is InChI=1S/C22H39NO6/c1-9-19(7)12-22(16(4)20(8,10-2)23(19)29-18(6)25)27-14-21(11-3,15-28-22)13-26-17(5)24/h16H,9-15H2,1-8H3. The van der Waals surface area contributed by atoms with Gasteiger partial charge in [0.25, 0.3) is 0 Å². The van der Waals surface area contributed by atoms with Crippen molar-refractivity contribution >= 4 is 11.9 Å². The van der Waals surface area contributed by atoms with Crippen molar-refractivity contribution in [2.75, 3.05) is 19.8 Å². The molecular formula is C22H39NO6. The first-order valence-corrected chi connectivity index (χ1v) is 10.8. The molecule has 0 aromatic carbocycles. The first-order valence-electron chi connectivity index (χ1n) is 10.8. The molecular weight excluding hydrogens is 374 g/mol. The second kappa shape index (κ2) is 8.52. The van der Waals surface area contributed by atoms with Crippen LogP contribution in [0, 0.1) is 11.3 Å². The Hall–Kier alpha value is -1.18. The zero-order valence-electron chi connectivity index (χ0n) is 19.4. The van der Waals surface area contributed by atoms with Crippen LogP contribution in [0.15, 0.2) is 0 Å². The fraction of sp³-hybridized carbons (Fsp3) is 0.909. The summed E-state index contributed by atoms with van der Waals surface area (Å²) in [5, 5.41) is 1.89. The molecule has 2 rings (SSSR count). The summed E-state index contributed by atoms with van der Waals surface area (Å²) >= 11 is 0. The van der Waals surface area contributed by atoms with E-state index < -0.39 is 16.9 Å². The Morgan fingerprint density at radius 1 is 1.00 bits per heavy atom. The molecule has 0 saturated carbocycles. The Balaban J connectivity index is 2.35. The molecule has 2 heterocycles. The molecule has 2 fully saturated rings. The lowest BCUT2D eigenvalue weighted by Crippen LogP contribution is -2.74. The summed E-state index contributed by atoms with van der Waals surface area (Å²) in [6, 6.07) is 0. The summed E-state index contributed by atoms with van der Waals surface area (Å²) in [6.45, 7) is 16.7. The number of hydrogen-bond acceptors (Lipinski definition) is 7. The van der Waals surface area contributed by atoms with Crippen LogP contribution in [-0.4, -0.2) is 53.7 Å². The number of hydroxylamine groups is 2. The summed E-state index contributed by atoms with van der Waals surface area (Å²) in [7, 11) is 0. The highest BCUT2D eigenvalue weighted by Crippen LogP contribution is 2.54. The molecule has 29 heavy (non-hydrogen) atoms. The van der Waals surface area contributed by atoms with Crippen molar-refractivity contribution in [2.24, 2.45) is 11.3 Å². The quantitative estimate of drug-likeness (QED) is 0.612. The maximum atomic E-state index is 11.9. The molecule has 3 unspecified atom stereocenters. The second-order valence-electron chi connectivity index (χ2n) is 9.36. The zero-order chi connectivity index (χ0) is 22.1. The van der Waals surface area contributed by atoms with Crippen LogP contribution < -0.4 is 0 Å². The third-order valence-electron chi connectivity index (χ3n) is 7.45. The van der Waals surface area contributed by atoms with Crippen LogP contribution in [0.1, 0.15) is 81.1 Å². The summed E-state index contributed by atoms with van der Waals surface area (Å²) in [4.78, 5) is 29.0. The number of nitrogens with zero attached hydrogens (tertiary/aromatic N) is 1. The lowest BCUT2D eigenvalue weighted by Gasteiger charge is -2.63. The van der Waals surface area contributed by atoms with Crippen LogP contribution in [0.4, 0.5) is 0 Å². The molecule has 168 valence electrons. The third kappa shape index (κ3) is 4.32. The monoisotopic (exact) mass is 413 g/mol. The largest absolute Gasteiger partial charge is 0.465 e. The normalized spacial score (nSPS) is 40.6. The van der Waals surface area contributed by atoms with Crippen LogP contribution >= 0.6 is 0 Å². The number of esters is 1. The molecule has 2 aliphatic rings. The van der Waals surface area contributed by atoms with Gasteiger partial charge in [0.15, 0.2) is 5.79 Å². The molecule has 3 atom stereocenters. The Morgan fingerprint density at radius 2 is 1.59 bits per heavy atom. The highest BCUT2D eigenvalue weighted by molar-refractivity contribution is 5.66. The first-order chi connectivity index (χ1) is 13.4. The average Bonchev–Trinajstić information content (AvgIpc) is 2.69. The number of carbonyl (C=O) groups excluding carboxylic acids is 2. The van der Waals surface area contributed by atoms with E-state index in [4.69, 9.17) is 19.0 Å². The number of ether oxygens (including phenoxy) is 3. The fourth-order valence-corrected chi connectivity index (χ4v) is 4.71. The van der Waals surface area contributed by atoms with E-state index in [0.29, 0.717) is 26.2 Å². The molecule has 0 N–H and O–H groups in total. The molecule has 0 aliphatic carbocycles. The lowest BCUT2D eigenvalue weighted by molar-refractivity contribution is -0.403. The van der Waals surface area contributed by atoms with Gasteiger partial charge in [0.1, 0.15) is 6.61 Å². The van der Waals surface area contributed by atoms with E-state index in [1.807, 2.05) is 5.06 Å². The summed E-state index contributed by atoms with van der Waals surface area (Å²) in [5.41, 5.74) is -1.21. The number of piperidine rings is 1. The Kier molecular flexibility index (Phi) is 7.08. The highest BCUT2D eigenvalue weighted by Gasteiger charge is 2.64. The van der Waals surface area contributed by atoms with Crippen molar-refractivity contribution in [1.29, 1.82) is 0 Å². The van der Waals surface area contributed by atoms with Gasteiger partial charge < -0.3 is 19.0 Å². The van der Waals surface area contributed by atoms with Crippen molar-refractivity contribution in [2.45, 2.75) is 97.9 Å². The summed E-state index contributed by atoms with van der Waals surface area (Å²) in [5.74, 6) is -1.42. The third-order valence-corrected chi connectivity index (χ3v) is 7.45. The molecule has 0 aromatic heterocycles. The molecule has 7 heteroatoms. The number of rotatable bonds is 6. The van der Waals surface area contributed by atoms with E-state index in [9.17, 15) is 9.59 Å². The fourth-order valence-electron chi connectivity index (χ4n) is 4.71. The van der Waals surface area contributed by atoms with Crippen LogP contribution in [-0.2, 0) is 28.6 Å².